The van der Waals surface area contributed by atoms with Crippen LogP contribution < -0.4 is 11.1 Å². The van der Waals surface area contributed by atoms with Crippen LogP contribution in [0.3, 0.4) is 0 Å². The predicted molar refractivity (Wildman–Crippen MR) is 38.7 cm³/mol. The first kappa shape index (κ1) is 9.90. The van der Waals surface area contributed by atoms with Crippen LogP contribution in [0.5, 0.6) is 0 Å². The summed E-state index contributed by atoms with van der Waals surface area (Å²) in [5.41, 5.74) is 4.89. The highest BCUT2D eigenvalue weighted by atomic mass is 16.5. The van der Waals surface area contributed by atoms with E-state index in [-0.39, 0.29) is 12.5 Å². The number of nitrogens with one attached hydrogen (secondary N) is 1. The minimum atomic E-state index is -0.641. The van der Waals surface area contributed by atoms with Gasteiger partial charge in [-0.1, -0.05) is 0 Å². The molecule has 2 amide bonds. The van der Waals surface area contributed by atoms with Gasteiger partial charge in [0.2, 0.25) is 11.8 Å². The molecule has 0 saturated carbocycles. The van der Waals surface area contributed by atoms with Gasteiger partial charge in [0.1, 0.15) is 12.6 Å². The van der Waals surface area contributed by atoms with Gasteiger partial charge in [0.25, 0.3) is 0 Å². The molecule has 64 valence electrons. The number of ether oxygens (including phenoxy) is 1. The zero-order valence-corrected chi connectivity index (χ0v) is 6.59. The lowest BCUT2D eigenvalue weighted by molar-refractivity contribution is -0.129. The molecule has 5 heteroatoms. The van der Waals surface area contributed by atoms with Crippen LogP contribution in [-0.2, 0) is 14.3 Å². The lowest BCUT2D eigenvalue weighted by Crippen LogP contribution is -2.43. The summed E-state index contributed by atoms with van der Waals surface area (Å²) in [6, 6.07) is -0.641. The topological polar surface area (TPSA) is 81.4 Å². The normalized spacial score (nSPS) is 12.2. The van der Waals surface area contributed by atoms with E-state index in [0.717, 1.165) is 0 Å². The summed E-state index contributed by atoms with van der Waals surface area (Å²) >= 11 is 0. The number of nitrogens with two attached hydrogens (primary N) is 1. The number of rotatable bonds is 4. The molecule has 3 N–H and O–H groups in total. The van der Waals surface area contributed by atoms with Crippen LogP contribution in [0.4, 0.5) is 0 Å². The Balaban J connectivity index is 3.66. The van der Waals surface area contributed by atoms with Crippen LogP contribution >= 0.6 is 0 Å². The van der Waals surface area contributed by atoms with Gasteiger partial charge < -0.3 is 15.8 Å². The third-order valence-corrected chi connectivity index (χ3v) is 1.08. The van der Waals surface area contributed by atoms with Crippen LogP contribution in [0.1, 0.15) is 6.92 Å². The van der Waals surface area contributed by atoms with Gasteiger partial charge in [0, 0.05) is 7.11 Å². The summed E-state index contributed by atoms with van der Waals surface area (Å²) in [6.45, 7) is 1.45. The first-order valence-corrected chi connectivity index (χ1v) is 3.15. The molecule has 0 bridgehead atoms. The molecular weight excluding hydrogens is 148 g/mol. The maximum Gasteiger partial charge on any atom is 0.246 e. The highest BCUT2D eigenvalue weighted by Crippen LogP contribution is 1.78. The van der Waals surface area contributed by atoms with Gasteiger partial charge in [-0.25, -0.2) is 0 Å². The van der Waals surface area contributed by atoms with Crippen LogP contribution in [0.15, 0.2) is 0 Å². The van der Waals surface area contributed by atoms with E-state index < -0.39 is 11.9 Å². The lowest BCUT2D eigenvalue weighted by atomic mass is 10.3. The number of carbonyl (C=O) groups excluding carboxylic acids is 2. The van der Waals surface area contributed by atoms with E-state index in [1.165, 1.54) is 14.0 Å². The summed E-state index contributed by atoms with van der Waals surface area (Å²) in [5, 5.41) is 2.34. The largest absolute Gasteiger partial charge is 0.375 e. The van der Waals surface area contributed by atoms with Gasteiger partial charge in [0.15, 0.2) is 0 Å². The Kier molecular flexibility index (Phi) is 4.21. The van der Waals surface area contributed by atoms with Gasteiger partial charge in [-0.3, -0.25) is 9.59 Å². The summed E-state index contributed by atoms with van der Waals surface area (Å²) in [6.07, 6.45) is 0. The van der Waals surface area contributed by atoms with E-state index >= 15 is 0 Å². The Labute approximate surface area is 64.9 Å². The van der Waals surface area contributed by atoms with Crippen molar-refractivity contribution in [2.75, 3.05) is 13.7 Å². The van der Waals surface area contributed by atoms with Crippen molar-refractivity contribution in [3.05, 3.63) is 0 Å². The fourth-order valence-corrected chi connectivity index (χ4v) is 0.485. The fraction of sp³-hybridized carbons (Fsp3) is 0.667. The Morgan fingerprint density at radius 1 is 1.64 bits per heavy atom. The van der Waals surface area contributed by atoms with Gasteiger partial charge in [-0.05, 0) is 6.92 Å². The highest BCUT2D eigenvalue weighted by molar-refractivity contribution is 5.86. The molecule has 5 nitrogen and oxygen atoms in total. The molecule has 0 rings (SSSR count). The van der Waals surface area contributed by atoms with Gasteiger partial charge >= 0.3 is 0 Å². The molecule has 0 aromatic heterocycles. The standard InChI is InChI=1S/C6H12N2O3/c1-4(6(7)10)8-5(9)3-11-2/h4H,3H2,1-2H3,(H2,7,10)(H,8,9)/t4-/m0/s1. The van der Waals surface area contributed by atoms with Gasteiger partial charge in [0.05, 0.1) is 0 Å². The van der Waals surface area contributed by atoms with Crippen molar-refractivity contribution >= 4 is 11.8 Å². The summed E-state index contributed by atoms with van der Waals surface area (Å²) in [7, 11) is 1.40. The van der Waals surface area contributed by atoms with Gasteiger partial charge in [-0.2, -0.15) is 0 Å². The molecule has 0 aliphatic rings. The van der Waals surface area contributed by atoms with E-state index in [1.54, 1.807) is 0 Å². The number of primary amides is 1. The average molecular weight is 160 g/mol. The first-order chi connectivity index (χ1) is 5.07. The van der Waals surface area contributed by atoms with E-state index in [4.69, 9.17) is 5.73 Å². The second kappa shape index (κ2) is 4.68. The molecule has 0 aliphatic heterocycles. The molecule has 0 saturated heterocycles. The highest BCUT2D eigenvalue weighted by Gasteiger charge is 2.10. The number of carbonyl (C=O) groups is 2. The van der Waals surface area contributed by atoms with Crippen molar-refractivity contribution in [1.82, 2.24) is 5.32 Å². The monoisotopic (exact) mass is 160 g/mol. The van der Waals surface area contributed by atoms with Crippen LogP contribution in [-0.4, -0.2) is 31.6 Å². The van der Waals surface area contributed by atoms with Crippen molar-refractivity contribution in [1.29, 1.82) is 0 Å². The Morgan fingerprint density at radius 2 is 2.18 bits per heavy atom. The third-order valence-electron chi connectivity index (χ3n) is 1.08. The van der Waals surface area contributed by atoms with E-state index in [1.807, 2.05) is 0 Å². The number of hydrogen-bond donors (Lipinski definition) is 2. The van der Waals surface area contributed by atoms with Crippen LogP contribution in [0.25, 0.3) is 0 Å². The minimum Gasteiger partial charge on any atom is -0.375 e. The quantitative estimate of drug-likeness (QED) is 0.532. The van der Waals surface area contributed by atoms with E-state index in [2.05, 4.69) is 10.1 Å². The molecule has 0 heterocycles. The SMILES string of the molecule is COCC(=O)N[C@@H](C)C(N)=O. The molecule has 0 unspecified atom stereocenters. The first-order valence-electron chi connectivity index (χ1n) is 3.15. The van der Waals surface area contributed by atoms with Crippen molar-refractivity contribution in [2.24, 2.45) is 5.73 Å². The van der Waals surface area contributed by atoms with Crippen molar-refractivity contribution < 1.29 is 14.3 Å². The zero-order chi connectivity index (χ0) is 8.85. The Bertz CT molecular complexity index is 158. The molecule has 1 atom stereocenters. The maximum absolute atomic E-state index is 10.7. The Morgan fingerprint density at radius 3 is 2.55 bits per heavy atom. The van der Waals surface area contributed by atoms with Gasteiger partial charge in [-0.15, -0.1) is 0 Å². The molecular formula is C6H12N2O3. The number of methoxy groups -OCH3 is 1. The lowest BCUT2D eigenvalue weighted by Gasteiger charge is -2.08. The molecule has 0 fully saturated rings. The Hall–Kier alpha value is -1.10. The fourth-order valence-electron chi connectivity index (χ4n) is 0.485. The molecule has 0 aromatic carbocycles. The van der Waals surface area contributed by atoms with Crippen LogP contribution in [0, 0.1) is 0 Å². The van der Waals surface area contributed by atoms with E-state index in [9.17, 15) is 9.59 Å². The molecule has 0 spiro atoms. The summed E-state index contributed by atoms with van der Waals surface area (Å²) in [4.78, 5) is 21.1. The van der Waals surface area contributed by atoms with Crippen molar-refractivity contribution in [3.8, 4) is 0 Å². The molecule has 0 aromatic rings. The minimum absolute atomic E-state index is 0.0579. The molecule has 0 aliphatic carbocycles. The molecule has 11 heavy (non-hydrogen) atoms. The third kappa shape index (κ3) is 4.32. The second-order valence-electron chi connectivity index (χ2n) is 2.12. The summed E-state index contributed by atoms with van der Waals surface area (Å²) < 4.78 is 4.52. The smallest absolute Gasteiger partial charge is 0.246 e. The number of amides is 2. The summed E-state index contributed by atoms with van der Waals surface area (Å²) in [5.74, 6) is -0.909. The van der Waals surface area contributed by atoms with E-state index in [0.29, 0.717) is 0 Å². The predicted octanol–water partition coefficient (Wildman–Crippen LogP) is -1.38. The number of hydrogen-bond acceptors (Lipinski definition) is 3. The second-order valence-corrected chi connectivity index (χ2v) is 2.12. The van der Waals surface area contributed by atoms with Crippen LogP contribution in [0.2, 0.25) is 0 Å². The average Bonchev–Trinajstić information content (AvgIpc) is 1.87. The zero-order valence-electron chi connectivity index (χ0n) is 6.59. The molecule has 0 radical (unpaired) electrons. The van der Waals surface area contributed by atoms with Crippen molar-refractivity contribution in [3.63, 3.8) is 0 Å². The maximum atomic E-state index is 10.7. The van der Waals surface area contributed by atoms with Crippen molar-refractivity contribution in [2.45, 2.75) is 13.0 Å².